The minimum atomic E-state index is -0.395. The van der Waals surface area contributed by atoms with Crippen molar-refractivity contribution in [3.8, 4) is 11.4 Å². The summed E-state index contributed by atoms with van der Waals surface area (Å²) in [5.74, 6) is 0.289. The second-order valence-electron chi connectivity index (χ2n) is 6.91. The Labute approximate surface area is 174 Å². The summed E-state index contributed by atoms with van der Waals surface area (Å²) in [5, 5.41) is 4.42. The van der Waals surface area contributed by atoms with E-state index < -0.39 is 5.91 Å². The fraction of sp³-hybridized carbons (Fsp3) is 0.125. The number of rotatable bonds is 5. The van der Waals surface area contributed by atoms with Gasteiger partial charge < -0.3 is 9.30 Å². The number of methoxy groups -OCH3 is 1. The molecule has 0 bridgehead atoms. The van der Waals surface area contributed by atoms with Gasteiger partial charge in [-0.3, -0.25) is 4.79 Å². The lowest BCUT2D eigenvalue weighted by Gasteiger charge is -2.09. The zero-order chi connectivity index (χ0) is 20.9. The minimum Gasteiger partial charge on any atom is -0.494 e. The molecule has 0 N–H and O–H groups in total. The van der Waals surface area contributed by atoms with E-state index in [1.54, 1.807) is 24.1 Å². The van der Waals surface area contributed by atoms with E-state index in [-0.39, 0.29) is 5.69 Å². The molecule has 30 heavy (non-hydrogen) atoms. The molecule has 0 saturated heterocycles. The van der Waals surface area contributed by atoms with Crippen LogP contribution in [0.4, 0.5) is 0 Å². The molecule has 6 nitrogen and oxygen atoms in total. The zero-order valence-corrected chi connectivity index (χ0v) is 16.9. The van der Waals surface area contributed by atoms with Gasteiger partial charge in [0, 0.05) is 18.9 Å². The van der Waals surface area contributed by atoms with Gasteiger partial charge in [-0.25, -0.2) is 4.68 Å². The molecular formula is C24H22N4O2. The molecular weight excluding hydrogens is 376 g/mol. The van der Waals surface area contributed by atoms with E-state index in [2.05, 4.69) is 10.1 Å². The Balaban J connectivity index is 1.65. The van der Waals surface area contributed by atoms with Crippen LogP contribution in [0.15, 0.2) is 90.2 Å². The van der Waals surface area contributed by atoms with Crippen LogP contribution in [0.2, 0.25) is 0 Å². The average Bonchev–Trinajstić information content (AvgIpc) is 3.26. The van der Waals surface area contributed by atoms with Gasteiger partial charge in [0.05, 0.1) is 7.11 Å². The first-order valence-electron chi connectivity index (χ1n) is 9.63. The van der Waals surface area contributed by atoms with Crippen LogP contribution in [0, 0.1) is 6.92 Å². The highest BCUT2D eigenvalue weighted by Gasteiger charge is 2.12. The number of aromatic nitrogens is 3. The number of hydrogen-bond acceptors (Lipinski definition) is 3. The molecule has 0 radical (unpaired) electrons. The number of benzene rings is 2. The van der Waals surface area contributed by atoms with Crippen molar-refractivity contribution in [2.24, 2.45) is 4.99 Å². The number of carbonyl (C=O) groups excluding carboxylic acids is 1. The van der Waals surface area contributed by atoms with Crippen molar-refractivity contribution in [2.75, 3.05) is 7.11 Å². The van der Waals surface area contributed by atoms with Gasteiger partial charge in [0.1, 0.15) is 16.9 Å². The molecule has 0 fully saturated rings. The molecule has 0 aliphatic rings. The molecule has 2 aromatic heterocycles. The number of carbonyl (C=O) groups is 1. The molecule has 0 spiro atoms. The number of aryl methyl sites for hydroxylation is 1. The van der Waals surface area contributed by atoms with Crippen molar-refractivity contribution in [1.82, 2.24) is 14.3 Å². The van der Waals surface area contributed by atoms with Gasteiger partial charge in [-0.1, -0.05) is 42.5 Å². The predicted molar refractivity (Wildman–Crippen MR) is 115 cm³/mol. The Kier molecular flexibility index (Phi) is 5.57. The second-order valence-corrected chi connectivity index (χ2v) is 6.91. The molecule has 150 valence electrons. The fourth-order valence-corrected chi connectivity index (χ4v) is 3.20. The van der Waals surface area contributed by atoms with Crippen LogP contribution >= 0.6 is 0 Å². The Morgan fingerprint density at radius 1 is 1.00 bits per heavy atom. The van der Waals surface area contributed by atoms with Crippen molar-refractivity contribution in [1.29, 1.82) is 0 Å². The summed E-state index contributed by atoms with van der Waals surface area (Å²) < 4.78 is 8.99. The smallest absolute Gasteiger partial charge is 0.299 e. The second kappa shape index (κ2) is 8.61. The van der Waals surface area contributed by atoms with Gasteiger partial charge in [-0.15, -0.1) is 0 Å². The maximum absolute atomic E-state index is 12.8. The summed E-state index contributed by atoms with van der Waals surface area (Å²) in [7, 11) is 1.61. The largest absolute Gasteiger partial charge is 0.494 e. The Morgan fingerprint density at radius 3 is 2.60 bits per heavy atom. The summed E-state index contributed by atoms with van der Waals surface area (Å²) in [6.45, 7) is 2.62. The molecule has 2 aromatic carbocycles. The van der Waals surface area contributed by atoms with Crippen molar-refractivity contribution < 1.29 is 9.53 Å². The summed E-state index contributed by atoms with van der Waals surface area (Å²) in [6.07, 6.45) is 3.65. The van der Waals surface area contributed by atoms with Crippen LogP contribution in [0.5, 0.6) is 5.75 Å². The first-order chi connectivity index (χ1) is 14.6. The van der Waals surface area contributed by atoms with Crippen LogP contribution in [0.25, 0.3) is 5.69 Å². The molecule has 0 aliphatic heterocycles. The van der Waals surface area contributed by atoms with E-state index in [1.165, 1.54) is 0 Å². The first kappa shape index (κ1) is 19.4. The SMILES string of the molecule is COc1ccc(C)cc1-n1ccc(C(=O)N=c2ccccn2Cc2ccccc2)n1. The summed E-state index contributed by atoms with van der Waals surface area (Å²) in [4.78, 5) is 17.1. The third-order valence-corrected chi connectivity index (χ3v) is 4.72. The molecule has 1 amide bonds. The maximum atomic E-state index is 12.8. The molecule has 0 aliphatic carbocycles. The number of pyridine rings is 1. The minimum absolute atomic E-state index is 0.272. The van der Waals surface area contributed by atoms with Crippen LogP contribution in [0.3, 0.4) is 0 Å². The van der Waals surface area contributed by atoms with Crippen LogP contribution < -0.4 is 10.2 Å². The third-order valence-electron chi connectivity index (χ3n) is 4.72. The lowest BCUT2D eigenvalue weighted by Crippen LogP contribution is -2.22. The molecule has 6 heteroatoms. The van der Waals surface area contributed by atoms with Gasteiger partial charge in [-0.2, -0.15) is 10.1 Å². The topological polar surface area (TPSA) is 61.4 Å². The summed E-state index contributed by atoms with van der Waals surface area (Å²) >= 11 is 0. The van der Waals surface area contributed by atoms with Crippen LogP contribution in [-0.4, -0.2) is 27.4 Å². The molecule has 4 aromatic rings. The number of ether oxygens (including phenoxy) is 1. The zero-order valence-electron chi connectivity index (χ0n) is 16.9. The first-order valence-corrected chi connectivity index (χ1v) is 9.63. The Bertz CT molecular complexity index is 1240. The maximum Gasteiger partial charge on any atom is 0.299 e. The van der Waals surface area contributed by atoms with Crippen LogP contribution in [0.1, 0.15) is 21.6 Å². The Morgan fingerprint density at radius 2 is 1.80 bits per heavy atom. The molecule has 0 atom stereocenters. The van der Waals surface area contributed by atoms with Crippen molar-refractivity contribution in [3.05, 3.63) is 107 Å². The molecule has 2 heterocycles. The highest BCUT2D eigenvalue weighted by atomic mass is 16.5. The van der Waals surface area contributed by atoms with Crippen LogP contribution in [-0.2, 0) is 6.54 Å². The van der Waals surface area contributed by atoms with E-state index in [0.29, 0.717) is 17.8 Å². The van der Waals surface area contributed by atoms with Gasteiger partial charge >= 0.3 is 0 Å². The summed E-state index contributed by atoms with van der Waals surface area (Å²) in [5.41, 5.74) is 3.83. The third kappa shape index (κ3) is 4.22. The fourth-order valence-electron chi connectivity index (χ4n) is 3.20. The Hall–Kier alpha value is -3.93. The molecule has 4 rings (SSSR count). The van der Waals surface area contributed by atoms with Crippen molar-refractivity contribution >= 4 is 5.91 Å². The standard InChI is InChI=1S/C24H22N4O2/c1-18-11-12-22(30-2)21(16-18)28-15-13-20(26-28)24(29)25-23-10-6-7-14-27(23)17-19-8-4-3-5-9-19/h3-16H,17H2,1-2H3. The van der Waals surface area contributed by atoms with Gasteiger partial charge in [0.15, 0.2) is 5.69 Å². The van der Waals surface area contributed by atoms with E-state index in [0.717, 1.165) is 16.8 Å². The lowest BCUT2D eigenvalue weighted by molar-refractivity contribution is 0.0992. The van der Waals surface area contributed by atoms with E-state index in [1.807, 2.05) is 84.4 Å². The predicted octanol–water partition coefficient (Wildman–Crippen LogP) is 3.78. The highest BCUT2D eigenvalue weighted by molar-refractivity contribution is 5.92. The lowest BCUT2D eigenvalue weighted by atomic mass is 10.2. The quantitative estimate of drug-likeness (QED) is 0.514. The molecule has 0 unspecified atom stereocenters. The van der Waals surface area contributed by atoms with E-state index in [9.17, 15) is 4.79 Å². The van der Waals surface area contributed by atoms with E-state index in [4.69, 9.17) is 4.74 Å². The van der Waals surface area contributed by atoms with E-state index >= 15 is 0 Å². The van der Waals surface area contributed by atoms with Gasteiger partial charge in [-0.05, 0) is 48.4 Å². The highest BCUT2D eigenvalue weighted by Crippen LogP contribution is 2.23. The molecule has 0 saturated carbocycles. The van der Waals surface area contributed by atoms with Gasteiger partial charge in [0.25, 0.3) is 5.91 Å². The number of nitrogens with zero attached hydrogens (tertiary/aromatic N) is 4. The summed E-state index contributed by atoms with van der Waals surface area (Å²) in [6, 6.07) is 23.1. The average molecular weight is 398 g/mol. The number of hydrogen-bond donors (Lipinski definition) is 0. The van der Waals surface area contributed by atoms with Gasteiger partial charge in [0.2, 0.25) is 0 Å². The van der Waals surface area contributed by atoms with Crippen molar-refractivity contribution in [3.63, 3.8) is 0 Å². The number of amides is 1. The monoisotopic (exact) mass is 398 g/mol. The van der Waals surface area contributed by atoms with Crippen molar-refractivity contribution in [2.45, 2.75) is 13.5 Å². The normalized spacial score (nSPS) is 11.5.